The Labute approximate surface area is 124 Å². The van der Waals surface area contributed by atoms with Crippen LogP contribution in [-0.4, -0.2) is 12.3 Å². The Kier molecular flexibility index (Phi) is 3.38. The molecule has 0 saturated heterocycles. The minimum absolute atomic E-state index is 0.273. The lowest BCUT2D eigenvalue weighted by Crippen LogP contribution is -1.88. The van der Waals surface area contributed by atoms with Crippen molar-refractivity contribution >= 4 is 28.8 Å². The second-order valence-corrected chi connectivity index (χ2v) is 5.42. The summed E-state index contributed by atoms with van der Waals surface area (Å²) in [7, 11) is 1.62. The molecule has 4 nitrogen and oxygen atoms in total. The number of methoxy groups -OCH3 is 1. The lowest BCUT2D eigenvalue weighted by Gasteiger charge is -2.03. The smallest absolute Gasteiger partial charge is 0.230 e. The predicted molar refractivity (Wildman–Crippen MR) is 81.2 cm³/mol. The van der Waals surface area contributed by atoms with E-state index in [1.807, 2.05) is 35.7 Å². The third-order valence-corrected chi connectivity index (χ3v) is 4.28. The van der Waals surface area contributed by atoms with Gasteiger partial charge in [0.15, 0.2) is 0 Å². The fourth-order valence-electron chi connectivity index (χ4n) is 1.96. The van der Waals surface area contributed by atoms with Crippen molar-refractivity contribution < 1.29 is 9.26 Å². The maximum Gasteiger partial charge on any atom is 0.230 e. The van der Waals surface area contributed by atoms with Crippen LogP contribution < -0.4 is 10.5 Å². The van der Waals surface area contributed by atoms with Gasteiger partial charge in [-0.2, -0.15) is 0 Å². The third-order valence-electron chi connectivity index (χ3n) is 2.93. The average molecular weight is 307 g/mol. The molecule has 2 heterocycles. The number of rotatable bonds is 3. The van der Waals surface area contributed by atoms with Crippen LogP contribution in [0.25, 0.3) is 21.7 Å². The first kappa shape index (κ1) is 13.0. The minimum atomic E-state index is 0.273. The highest BCUT2D eigenvalue weighted by molar-refractivity contribution is 7.14. The number of nitrogens with two attached hydrogens (primary N) is 1. The molecule has 0 bridgehead atoms. The van der Waals surface area contributed by atoms with Gasteiger partial charge in [-0.3, -0.25) is 0 Å². The van der Waals surface area contributed by atoms with E-state index in [2.05, 4.69) is 5.16 Å². The van der Waals surface area contributed by atoms with Crippen molar-refractivity contribution in [1.82, 2.24) is 5.16 Å². The van der Waals surface area contributed by atoms with E-state index in [0.29, 0.717) is 10.7 Å². The van der Waals surface area contributed by atoms with Crippen LogP contribution in [-0.2, 0) is 0 Å². The molecule has 2 N–H and O–H groups in total. The molecule has 20 heavy (non-hydrogen) atoms. The molecule has 3 aromatic rings. The summed E-state index contributed by atoms with van der Waals surface area (Å²) < 4.78 is 10.3. The summed E-state index contributed by atoms with van der Waals surface area (Å²) in [6, 6.07) is 9.37. The first-order chi connectivity index (χ1) is 9.70. The first-order valence-corrected chi connectivity index (χ1v) is 7.09. The number of nitrogens with zero attached hydrogens (tertiary/aromatic N) is 1. The van der Waals surface area contributed by atoms with E-state index in [1.54, 1.807) is 7.11 Å². The first-order valence-electron chi connectivity index (χ1n) is 5.83. The zero-order valence-electron chi connectivity index (χ0n) is 10.6. The summed E-state index contributed by atoms with van der Waals surface area (Å²) >= 11 is 7.66. The van der Waals surface area contributed by atoms with Crippen LogP contribution >= 0.6 is 22.9 Å². The molecule has 0 saturated carbocycles. The normalized spacial score (nSPS) is 10.7. The Hall–Kier alpha value is -1.98. The second-order valence-electron chi connectivity index (χ2n) is 4.10. The van der Waals surface area contributed by atoms with E-state index in [0.717, 1.165) is 21.8 Å². The zero-order valence-corrected chi connectivity index (χ0v) is 12.2. The van der Waals surface area contributed by atoms with Gasteiger partial charge in [0.05, 0.1) is 22.6 Å². The number of nitrogen functional groups attached to an aromatic ring is 1. The van der Waals surface area contributed by atoms with Crippen molar-refractivity contribution in [3.05, 3.63) is 40.7 Å². The Balaban J connectivity index is 2.13. The van der Waals surface area contributed by atoms with E-state index in [1.165, 1.54) is 11.3 Å². The quantitative estimate of drug-likeness (QED) is 0.783. The summed E-state index contributed by atoms with van der Waals surface area (Å²) in [5.41, 5.74) is 8.21. The number of hydrogen-bond donors (Lipinski definition) is 1. The minimum Gasteiger partial charge on any atom is -0.497 e. The molecular weight excluding hydrogens is 296 g/mol. The number of thiophene rings is 1. The lowest BCUT2D eigenvalue weighted by molar-refractivity contribution is 0.415. The van der Waals surface area contributed by atoms with Crippen LogP contribution in [0.1, 0.15) is 0 Å². The SMILES string of the molecule is COc1ccc(-c2c(-c3sccc3Cl)noc2N)cc1. The van der Waals surface area contributed by atoms with Crippen LogP contribution in [0.2, 0.25) is 5.02 Å². The number of anilines is 1. The lowest BCUT2D eigenvalue weighted by atomic mass is 10.0. The molecule has 2 aromatic heterocycles. The number of aromatic nitrogens is 1. The second kappa shape index (κ2) is 5.19. The summed E-state index contributed by atoms with van der Waals surface area (Å²) in [5.74, 6) is 1.05. The molecule has 0 radical (unpaired) electrons. The van der Waals surface area contributed by atoms with Crippen molar-refractivity contribution in [2.45, 2.75) is 0 Å². The summed E-state index contributed by atoms with van der Waals surface area (Å²) in [6.07, 6.45) is 0. The van der Waals surface area contributed by atoms with E-state index >= 15 is 0 Å². The summed E-state index contributed by atoms with van der Waals surface area (Å²) in [5, 5.41) is 6.57. The van der Waals surface area contributed by atoms with Crippen LogP contribution in [0, 0.1) is 0 Å². The van der Waals surface area contributed by atoms with Gasteiger partial charge in [-0.15, -0.1) is 11.3 Å². The van der Waals surface area contributed by atoms with Gasteiger partial charge in [0, 0.05) is 0 Å². The zero-order chi connectivity index (χ0) is 14.1. The molecule has 102 valence electrons. The average Bonchev–Trinajstić information content (AvgIpc) is 3.05. The van der Waals surface area contributed by atoms with Crippen molar-refractivity contribution in [3.63, 3.8) is 0 Å². The van der Waals surface area contributed by atoms with Gasteiger partial charge in [-0.25, -0.2) is 0 Å². The molecule has 1 aromatic carbocycles. The maximum absolute atomic E-state index is 6.16. The number of ether oxygens (including phenoxy) is 1. The number of benzene rings is 1. The molecule has 0 fully saturated rings. The van der Waals surface area contributed by atoms with E-state index in [9.17, 15) is 0 Å². The number of halogens is 1. The van der Waals surface area contributed by atoms with Crippen molar-refractivity contribution in [2.75, 3.05) is 12.8 Å². The Morgan fingerprint density at radius 2 is 2.00 bits per heavy atom. The molecule has 0 atom stereocenters. The third kappa shape index (κ3) is 2.15. The fourth-order valence-corrected chi connectivity index (χ4v) is 3.09. The Morgan fingerprint density at radius 1 is 1.25 bits per heavy atom. The Bertz CT molecular complexity index is 734. The van der Waals surface area contributed by atoms with Gasteiger partial charge in [-0.05, 0) is 29.1 Å². The highest BCUT2D eigenvalue weighted by atomic mass is 35.5. The predicted octanol–water partition coefficient (Wildman–Crippen LogP) is 4.31. The molecule has 0 aliphatic rings. The van der Waals surface area contributed by atoms with Crippen molar-refractivity contribution in [1.29, 1.82) is 0 Å². The van der Waals surface area contributed by atoms with Crippen LogP contribution in [0.15, 0.2) is 40.2 Å². The molecule has 0 spiro atoms. The van der Waals surface area contributed by atoms with Gasteiger partial charge in [0.25, 0.3) is 0 Å². The fraction of sp³-hybridized carbons (Fsp3) is 0.0714. The maximum atomic E-state index is 6.16. The van der Waals surface area contributed by atoms with E-state index in [4.69, 9.17) is 26.6 Å². The largest absolute Gasteiger partial charge is 0.497 e. The highest BCUT2D eigenvalue weighted by Crippen LogP contribution is 2.41. The molecule has 6 heteroatoms. The van der Waals surface area contributed by atoms with Crippen molar-refractivity contribution in [3.8, 4) is 27.4 Å². The standard InChI is InChI=1S/C14H11ClN2O2S/c1-18-9-4-2-8(3-5-9)11-12(17-19-14(11)16)13-10(15)6-7-20-13/h2-7H,16H2,1H3. The summed E-state index contributed by atoms with van der Waals surface area (Å²) in [4.78, 5) is 0.845. The number of hydrogen-bond acceptors (Lipinski definition) is 5. The molecule has 0 unspecified atom stereocenters. The molecular formula is C14H11ClN2O2S. The van der Waals surface area contributed by atoms with Crippen LogP contribution in [0.5, 0.6) is 5.75 Å². The van der Waals surface area contributed by atoms with Crippen LogP contribution in [0.3, 0.4) is 0 Å². The topological polar surface area (TPSA) is 61.3 Å². The van der Waals surface area contributed by atoms with Crippen molar-refractivity contribution in [2.24, 2.45) is 0 Å². The molecule has 0 aliphatic carbocycles. The van der Waals surface area contributed by atoms with Crippen LogP contribution in [0.4, 0.5) is 5.88 Å². The monoisotopic (exact) mass is 306 g/mol. The van der Waals surface area contributed by atoms with Gasteiger partial charge >= 0.3 is 0 Å². The highest BCUT2D eigenvalue weighted by Gasteiger charge is 2.20. The molecule has 0 amide bonds. The van der Waals surface area contributed by atoms with E-state index < -0.39 is 0 Å². The Morgan fingerprint density at radius 3 is 2.60 bits per heavy atom. The van der Waals surface area contributed by atoms with E-state index in [-0.39, 0.29) is 5.88 Å². The van der Waals surface area contributed by atoms with Gasteiger partial charge in [0.1, 0.15) is 11.4 Å². The molecule has 3 rings (SSSR count). The molecule has 0 aliphatic heterocycles. The van der Waals surface area contributed by atoms with Gasteiger partial charge in [0.2, 0.25) is 5.88 Å². The van der Waals surface area contributed by atoms with Gasteiger partial charge < -0.3 is 15.0 Å². The summed E-state index contributed by atoms with van der Waals surface area (Å²) in [6.45, 7) is 0. The van der Waals surface area contributed by atoms with Gasteiger partial charge in [-0.1, -0.05) is 28.9 Å².